The second-order valence-electron chi connectivity index (χ2n) is 7.12. The number of piperidine rings is 1. The summed E-state index contributed by atoms with van der Waals surface area (Å²) in [5.74, 6) is 2.74. The maximum absolute atomic E-state index is 12.3. The fraction of sp³-hybridized carbons (Fsp3) is 0.550. The van der Waals surface area contributed by atoms with Crippen molar-refractivity contribution in [3.63, 3.8) is 0 Å². The van der Waals surface area contributed by atoms with E-state index >= 15 is 0 Å². The largest absolute Gasteiger partial charge is 0.490 e. The molecule has 1 saturated heterocycles. The van der Waals surface area contributed by atoms with Gasteiger partial charge in [-0.3, -0.25) is 9.18 Å². The number of ether oxygens (including phenoxy) is 1. The summed E-state index contributed by atoms with van der Waals surface area (Å²) in [4.78, 5) is 17.6. The number of H-pyrrole nitrogens is 1. The molecule has 0 radical (unpaired) electrons. The zero-order valence-corrected chi connectivity index (χ0v) is 17.0. The molecule has 4 nitrogen and oxygen atoms in total. The Kier molecular flexibility index (Phi) is 7.06. The van der Waals surface area contributed by atoms with Crippen LogP contribution in [-0.2, 0) is 12.2 Å². The van der Waals surface area contributed by atoms with Gasteiger partial charge in [-0.05, 0) is 55.2 Å². The molecule has 4 rings (SSSR count). The minimum atomic E-state index is -0.238. The van der Waals surface area contributed by atoms with E-state index in [0.29, 0.717) is 6.42 Å². The van der Waals surface area contributed by atoms with Crippen molar-refractivity contribution >= 4 is 35.1 Å². The molecule has 7 heteroatoms. The van der Waals surface area contributed by atoms with Crippen molar-refractivity contribution in [2.75, 3.05) is 32.1 Å². The number of nitrogens with zero attached hydrogens (tertiary/aromatic N) is 1. The fourth-order valence-corrected chi connectivity index (χ4v) is 4.97. The Hall–Kier alpha value is -1.24. The van der Waals surface area contributed by atoms with Gasteiger partial charge in [0.25, 0.3) is 5.56 Å². The Bertz CT molecular complexity index is 837. The van der Waals surface area contributed by atoms with Crippen LogP contribution in [0.25, 0.3) is 10.9 Å². The van der Waals surface area contributed by atoms with E-state index in [1.54, 1.807) is 0 Å². The molecule has 27 heavy (non-hydrogen) atoms. The summed E-state index contributed by atoms with van der Waals surface area (Å²) < 4.78 is 18.5. The third kappa shape index (κ3) is 4.61. The Balaban J connectivity index is 0.00000210. The lowest BCUT2D eigenvalue weighted by Crippen LogP contribution is -2.38. The minimum absolute atomic E-state index is 0. The minimum Gasteiger partial charge on any atom is -0.490 e. The van der Waals surface area contributed by atoms with Gasteiger partial charge in [-0.2, -0.15) is 11.8 Å². The molecule has 0 amide bonds. The molecule has 1 aromatic carbocycles. The summed E-state index contributed by atoms with van der Waals surface area (Å²) in [5, 5.41) is 1.12. The van der Waals surface area contributed by atoms with E-state index in [2.05, 4.69) is 16.0 Å². The Labute approximate surface area is 169 Å². The monoisotopic (exact) mass is 412 g/mol. The quantitative estimate of drug-likeness (QED) is 0.807. The number of thioether (sulfide) groups is 1. The van der Waals surface area contributed by atoms with E-state index in [0.717, 1.165) is 72.6 Å². The number of nitrogens with one attached hydrogen (secondary N) is 1. The van der Waals surface area contributed by atoms with Crippen LogP contribution >= 0.6 is 24.2 Å². The Morgan fingerprint density at radius 2 is 2.07 bits per heavy atom. The Morgan fingerprint density at radius 1 is 1.26 bits per heavy atom. The molecule has 1 fully saturated rings. The number of alkyl halides is 1. The average molecular weight is 413 g/mol. The van der Waals surface area contributed by atoms with Crippen LogP contribution in [-0.4, -0.2) is 48.0 Å². The highest BCUT2D eigenvalue weighted by atomic mass is 35.5. The summed E-state index contributed by atoms with van der Waals surface area (Å²) in [6, 6.07) is 6.01. The number of aromatic amines is 1. The van der Waals surface area contributed by atoms with Crippen LogP contribution in [0.3, 0.4) is 0 Å². The SMILES string of the molecule is Cl.O=c1[nH]c2ccc(OC3CCN(CCCF)CC3)cc2c2c1CSCC2. The summed E-state index contributed by atoms with van der Waals surface area (Å²) in [6.45, 7) is 2.55. The number of aromatic nitrogens is 1. The molecule has 0 unspecified atom stereocenters. The number of halogens is 2. The van der Waals surface area contributed by atoms with Gasteiger partial charge in [0.2, 0.25) is 0 Å². The molecule has 0 aliphatic carbocycles. The predicted molar refractivity (Wildman–Crippen MR) is 112 cm³/mol. The average Bonchev–Trinajstić information content (AvgIpc) is 2.68. The number of rotatable bonds is 5. The van der Waals surface area contributed by atoms with E-state index in [1.165, 1.54) is 5.56 Å². The number of hydrogen-bond donors (Lipinski definition) is 1. The van der Waals surface area contributed by atoms with Gasteiger partial charge in [0, 0.05) is 41.9 Å². The van der Waals surface area contributed by atoms with Crippen molar-refractivity contribution < 1.29 is 9.13 Å². The number of hydrogen-bond acceptors (Lipinski definition) is 4. The summed E-state index contributed by atoms with van der Waals surface area (Å²) >= 11 is 1.82. The van der Waals surface area contributed by atoms with Crippen LogP contribution in [0, 0.1) is 0 Å². The number of benzene rings is 1. The standard InChI is InChI=1S/C20H25FN2O2S.ClH/c21-7-1-8-23-9-4-14(5-10-23)25-15-2-3-19-17(12-15)16-6-11-26-13-18(16)20(24)22-19;/h2-3,12,14H,1,4-11,13H2,(H,22,24);1H. The maximum Gasteiger partial charge on any atom is 0.252 e. The van der Waals surface area contributed by atoms with E-state index < -0.39 is 0 Å². The third-order valence-corrected chi connectivity index (χ3v) is 6.38. The van der Waals surface area contributed by atoms with Crippen molar-refractivity contribution in [3.05, 3.63) is 39.7 Å². The number of pyridine rings is 1. The van der Waals surface area contributed by atoms with Gasteiger partial charge in [0.05, 0.1) is 6.67 Å². The van der Waals surface area contributed by atoms with E-state index in [1.807, 2.05) is 23.9 Å². The molecule has 0 bridgehead atoms. The molecule has 2 aromatic rings. The van der Waals surface area contributed by atoms with Gasteiger partial charge >= 0.3 is 0 Å². The van der Waals surface area contributed by atoms with Crippen LogP contribution in [0.1, 0.15) is 30.4 Å². The molecule has 3 heterocycles. The highest BCUT2D eigenvalue weighted by Gasteiger charge is 2.21. The van der Waals surface area contributed by atoms with Crippen LogP contribution in [0.5, 0.6) is 5.75 Å². The zero-order valence-electron chi connectivity index (χ0n) is 15.3. The Morgan fingerprint density at radius 3 is 2.85 bits per heavy atom. The topological polar surface area (TPSA) is 45.3 Å². The molecule has 1 N–H and O–H groups in total. The number of fused-ring (bicyclic) bond motifs is 3. The second-order valence-corrected chi connectivity index (χ2v) is 8.23. The smallest absolute Gasteiger partial charge is 0.252 e. The molecule has 0 atom stereocenters. The number of aryl methyl sites for hydroxylation is 1. The molecule has 0 spiro atoms. The van der Waals surface area contributed by atoms with Gasteiger partial charge < -0.3 is 14.6 Å². The summed E-state index contributed by atoms with van der Waals surface area (Å²) in [6.07, 6.45) is 3.73. The van der Waals surface area contributed by atoms with Crippen molar-refractivity contribution in [3.8, 4) is 5.75 Å². The molecule has 0 saturated carbocycles. The van der Waals surface area contributed by atoms with Crippen molar-refractivity contribution in [2.24, 2.45) is 0 Å². The highest BCUT2D eigenvalue weighted by molar-refractivity contribution is 7.98. The predicted octanol–water partition coefficient (Wildman–Crippen LogP) is 3.94. The highest BCUT2D eigenvalue weighted by Crippen LogP contribution is 2.30. The second kappa shape index (κ2) is 9.30. The zero-order chi connectivity index (χ0) is 17.9. The van der Waals surface area contributed by atoms with Gasteiger partial charge in [0.1, 0.15) is 11.9 Å². The fourth-order valence-electron chi connectivity index (χ4n) is 3.97. The van der Waals surface area contributed by atoms with Gasteiger partial charge in [-0.25, -0.2) is 0 Å². The molecule has 2 aliphatic heterocycles. The van der Waals surface area contributed by atoms with Crippen LogP contribution in [0.4, 0.5) is 4.39 Å². The maximum atomic E-state index is 12.3. The third-order valence-electron chi connectivity index (χ3n) is 5.39. The van der Waals surface area contributed by atoms with Crippen LogP contribution in [0.15, 0.2) is 23.0 Å². The van der Waals surface area contributed by atoms with Crippen LogP contribution < -0.4 is 10.3 Å². The van der Waals surface area contributed by atoms with Crippen molar-refractivity contribution in [2.45, 2.75) is 37.5 Å². The first-order valence-corrected chi connectivity index (χ1v) is 10.6. The molecular weight excluding hydrogens is 387 g/mol. The van der Waals surface area contributed by atoms with E-state index in [-0.39, 0.29) is 30.7 Å². The van der Waals surface area contributed by atoms with E-state index in [4.69, 9.17) is 4.74 Å². The first kappa shape index (κ1) is 20.5. The van der Waals surface area contributed by atoms with Gasteiger partial charge in [-0.15, -0.1) is 12.4 Å². The lowest BCUT2D eigenvalue weighted by Gasteiger charge is -2.32. The molecule has 2 aliphatic rings. The first-order chi connectivity index (χ1) is 12.7. The molecule has 148 valence electrons. The molecular formula is C20H26ClFN2O2S. The number of likely N-dealkylation sites (tertiary alicyclic amines) is 1. The lowest BCUT2D eigenvalue weighted by atomic mass is 10.0. The van der Waals surface area contributed by atoms with Crippen molar-refractivity contribution in [1.82, 2.24) is 9.88 Å². The van der Waals surface area contributed by atoms with E-state index in [9.17, 15) is 9.18 Å². The molecule has 1 aromatic heterocycles. The summed E-state index contributed by atoms with van der Waals surface area (Å²) in [5.41, 5.74) is 3.06. The van der Waals surface area contributed by atoms with Gasteiger partial charge in [-0.1, -0.05) is 0 Å². The first-order valence-electron chi connectivity index (χ1n) is 9.45. The van der Waals surface area contributed by atoms with Crippen molar-refractivity contribution in [1.29, 1.82) is 0 Å². The summed E-state index contributed by atoms with van der Waals surface area (Å²) in [7, 11) is 0. The van der Waals surface area contributed by atoms with Crippen LogP contribution in [0.2, 0.25) is 0 Å². The van der Waals surface area contributed by atoms with Gasteiger partial charge in [0.15, 0.2) is 0 Å². The lowest BCUT2D eigenvalue weighted by molar-refractivity contribution is 0.0989. The normalized spacial score (nSPS) is 18.1.